The lowest BCUT2D eigenvalue weighted by Gasteiger charge is -2.33. The van der Waals surface area contributed by atoms with Crippen LogP contribution in [0.3, 0.4) is 0 Å². The van der Waals surface area contributed by atoms with Crippen LogP contribution in [-0.4, -0.2) is 48.1 Å². The highest BCUT2D eigenvalue weighted by molar-refractivity contribution is 7.92. The number of carbonyl (C=O) groups is 1. The van der Waals surface area contributed by atoms with Crippen molar-refractivity contribution in [2.24, 2.45) is 5.92 Å². The molecule has 2 aromatic carbocycles. The van der Waals surface area contributed by atoms with Gasteiger partial charge in [-0.3, -0.25) is 4.79 Å². The Labute approximate surface area is 198 Å². The summed E-state index contributed by atoms with van der Waals surface area (Å²) in [6.45, 7) is 1.49. The standard InChI is InChI=1S/C25H27N3O3S2/c29-25(28-15-6-10-22(28)24-26-21-9-4-5-11-23(21)32-24)20-12-16-27(17-13-20)33(30,31)18-14-19-7-2-1-3-8-19/h1-5,7-9,11,14,18,20,22H,6,10,12-13,15-17H2/b18-14+. The van der Waals surface area contributed by atoms with Crippen LogP contribution >= 0.6 is 11.3 Å². The fraction of sp³-hybridized carbons (Fsp3) is 0.360. The van der Waals surface area contributed by atoms with Gasteiger partial charge in [0.1, 0.15) is 5.01 Å². The van der Waals surface area contributed by atoms with Crippen LogP contribution in [0.2, 0.25) is 0 Å². The summed E-state index contributed by atoms with van der Waals surface area (Å²) < 4.78 is 28.1. The zero-order valence-corrected chi connectivity index (χ0v) is 20.0. The topological polar surface area (TPSA) is 70.6 Å². The van der Waals surface area contributed by atoms with Crippen molar-refractivity contribution in [2.75, 3.05) is 19.6 Å². The number of sulfonamides is 1. The highest BCUT2D eigenvalue weighted by Gasteiger charge is 2.38. The number of amides is 1. The Balaban J connectivity index is 1.23. The third kappa shape index (κ3) is 4.74. The second-order valence-electron chi connectivity index (χ2n) is 8.64. The summed E-state index contributed by atoms with van der Waals surface area (Å²) >= 11 is 1.67. The maximum Gasteiger partial charge on any atom is 0.236 e. The van der Waals surface area contributed by atoms with Crippen LogP contribution in [0.4, 0.5) is 0 Å². The van der Waals surface area contributed by atoms with E-state index in [1.807, 2.05) is 53.4 Å². The van der Waals surface area contributed by atoms with Gasteiger partial charge in [0.15, 0.2) is 0 Å². The largest absolute Gasteiger partial charge is 0.333 e. The van der Waals surface area contributed by atoms with Gasteiger partial charge in [0, 0.05) is 31.0 Å². The molecule has 172 valence electrons. The molecule has 3 aromatic rings. The third-order valence-electron chi connectivity index (χ3n) is 6.53. The number of thiazole rings is 1. The van der Waals surface area contributed by atoms with Gasteiger partial charge in [-0.15, -0.1) is 11.3 Å². The number of benzene rings is 2. The lowest BCUT2D eigenvalue weighted by atomic mass is 9.96. The zero-order valence-electron chi connectivity index (χ0n) is 18.3. The van der Waals surface area contributed by atoms with E-state index in [0.717, 1.165) is 40.2 Å². The van der Waals surface area contributed by atoms with Gasteiger partial charge in [-0.25, -0.2) is 13.4 Å². The zero-order chi connectivity index (χ0) is 22.8. The summed E-state index contributed by atoms with van der Waals surface area (Å²) in [5.74, 6) is 0.0122. The number of hydrogen-bond acceptors (Lipinski definition) is 5. The Morgan fingerprint density at radius 1 is 0.970 bits per heavy atom. The van der Waals surface area contributed by atoms with Crippen molar-refractivity contribution in [1.82, 2.24) is 14.2 Å². The van der Waals surface area contributed by atoms with Crippen LogP contribution in [0, 0.1) is 5.92 Å². The van der Waals surface area contributed by atoms with E-state index < -0.39 is 10.0 Å². The Morgan fingerprint density at radius 2 is 1.70 bits per heavy atom. The molecule has 2 saturated heterocycles. The fourth-order valence-electron chi connectivity index (χ4n) is 4.73. The van der Waals surface area contributed by atoms with Crippen molar-refractivity contribution < 1.29 is 13.2 Å². The summed E-state index contributed by atoms with van der Waals surface area (Å²) in [7, 11) is -3.50. The maximum absolute atomic E-state index is 13.4. The summed E-state index contributed by atoms with van der Waals surface area (Å²) in [5.41, 5.74) is 1.83. The number of rotatable bonds is 5. The van der Waals surface area contributed by atoms with Crippen LogP contribution in [0.25, 0.3) is 16.3 Å². The first-order chi connectivity index (χ1) is 16.0. The van der Waals surface area contributed by atoms with Gasteiger partial charge in [0.25, 0.3) is 0 Å². The van der Waals surface area contributed by atoms with Gasteiger partial charge >= 0.3 is 0 Å². The SMILES string of the molecule is O=C(C1CCN(S(=O)(=O)/C=C/c2ccccc2)CC1)N1CCCC1c1nc2ccccc2s1. The summed E-state index contributed by atoms with van der Waals surface area (Å²) in [6, 6.07) is 17.5. The average molecular weight is 482 g/mol. The third-order valence-corrected chi connectivity index (χ3v) is 9.23. The summed E-state index contributed by atoms with van der Waals surface area (Å²) in [4.78, 5) is 20.2. The molecule has 1 atom stereocenters. The van der Waals surface area contributed by atoms with Gasteiger partial charge in [0.2, 0.25) is 15.9 Å². The molecule has 1 amide bonds. The Morgan fingerprint density at radius 3 is 2.45 bits per heavy atom. The number of likely N-dealkylation sites (tertiary alicyclic amines) is 1. The second-order valence-corrected chi connectivity index (χ2v) is 11.5. The number of fused-ring (bicyclic) bond motifs is 1. The van der Waals surface area contributed by atoms with Crippen LogP contribution in [0.15, 0.2) is 60.0 Å². The highest BCUT2D eigenvalue weighted by atomic mass is 32.2. The number of para-hydroxylation sites is 1. The molecule has 0 N–H and O–H groups in total. The molecule has 0 saturated carbocycles. The van der Waals surface area contributed by atoms with Gasteiger partial charge in [0.05, 0.1) is 16.3 Å². The molecule has 6 nitrogen and oxygen atoms in total. The molecule has 3 heterocycles. The first-order valence-electron chi connectivity index (χ1n) is 11.4. The van der Waals surface area contributed by atoms with E-state index in [2.05, 4.69) is 6.07 Å². The number of hydrogen-bond donors (Lipinski definition) is 0. The fourth-order valence-corrected chi connectivity index (χ4v) is 7.06. The van der Waals surface area contributed by atoms with E-state index in [-0.39, 0.29) is 17.9 Å². The molecule has 1 aromatic heterocycles. The Hall–Kier alpha value is -2.55. The molecule has 2 aliphatic rings. The van der Waals surface area contributed by atoms with Crippen molar-refractivity contribution in [3.63, 3.8) is 0 Å². The summed E-state index contributed by atoms with van der Waals surface area (Å²) in [6.07, 6.45) is 4.65. The smallest absolute Gasteiger partial charge is 0.236 e. The summed E-state index contributed by atoms with van der Waals surface area (Å²) in [5, 5.41) is 2.28. The minimum absolute atomic E-state index is 0.0328. The second kappa shape index (κ2) is 9.37. The minimum Gasteiger partial charge on any atom is -0.333 e. The van der Waals surface area contributed by atoms with Crippen molar-refractivity contribution in [3.05, 3.63) is 70.6 Å². The first-order valence-corrected chi connectivity index (χ1v) is 13.7. The van der Waals surface area contributed by atoms with E-state index in [9.17, 15) is 13.2 Å². The minimum atomic E-state index is -3.50. The van der Waals surface area contributed by atoms with E-state index in [1.165, 1.54) is 9.71 Å². The molecule has 0 spiro atoms. The monoisotopic (exact) mass is 481 g/mol. The number of nitrogens with zero attached hydrogens (tertiary/aromatic N) is 3. The molecule has 1 unspecified atom stereocenters. The molecule has 0 bridgehead atoms. The predicted molar refractivity (Wildman–Crippen MR) is 132 cm³/mol. The van der Waals surface area contributed by atoms with Crippen molar-refractivity contribution in [2.45, 2.75) is 31.7 Å². The van der Waals surface area contributed by atoms with Gasteiger partial charge in [-0.2, -0.15) is 4.31 Å². The molecule has 33 heavy (non-hydrogen) atoms. The molecule has 2 fully saturated rings. The maximum atomic E-state index is 13.4. The van der Waals surface area contributed by atoms with Crippen molar-refractivity contribution >= 4 is 43.6 Å². The van der Waals surface area contributed by atoms with Gasteiger partial charge in [-0.05, 0) is 49.5 Å². The van der Waals surface area contributed by atoms with Crippen molar-refractivity contribution in [3.8, 4) is 0 Å². The van der Waals surface area contributed by atoms with Crippen LogP contribution < -0.4 is 0 Å². The predicted octanol–water partition coefficient (Wildman–Crippen LogP) is 4.67. The Kier molecular flexibility index (Phi) is 6.32. The average Bonchev–Trinajstić information content (AvgIpc) is 3.50. The molecule has 0 aliphatic carbocycles. The molecular weight excluding hydrogens is 454 g/mol. The molecule has 0 radical (unpaired) electrons. The first kappa shape index (κ1) is 22.3. The number of aromatic nitrogens is 1. The van der Waals surface area contributed by atoms with E-state index in [4.69, 9.17) is 4.98 Å². The highest BCUT2D eigenvalue weighted by Crippen LogP contribution is 2.38. The van der Waals surface area contributed by atoms with E-state index in [1.54, 1.807) is 17.4 Å². The molecule has 8 heteroatoms. The number of piperidine rings is 1. The van der Waals surface area contributed by atoms with E-state index >= 15 is 0 Å². The number of carbonyl (C=O) groups excluding carboxylic acids is 1. The van der Waals surface area contributed by atoms with E-state index in [0.29, 0.717) is 25.9 Å². The van der Waals surface area contributed by atoms with Gasteiger partial charge in [-0.1, -0.05) is 42.5 Å². The van der Waals surface area contributed by atoms with Crippen molar-refractivity contribution in [1.29, 1.82) is 0 Å². The Bertz CT molecular complexity index is 1230. The lowest BCUT2D eigenvalue weighted by molar-refractivity contribution is -0.137. The van der Waals surface area contributed by atoms with Crippen LogP contribution in [0.5, 0.6) is 0 Å². The normalized spacial score (nSPS) is 20.7. The lowest BCUT2D eigenvalue weighted by Crippen LogP contribution is -2.43. The molecule has 2 aliphatic heterocycles. The quantitative estimate of drug-likeness (QED) is 0.531. The van der Waals surface area contributed by atoms with Crippen LogP contribution in [-0.2, 0) is 14.8 Å². The molecule has 5 rings (SSSR count). The van der Waals surface area contributed by atoms with Gasteiger partial charge < -0.3 is 4.90 Å². The molecular formula is C25H27N3O3S2. The van der Waals surface area contributed by atoms with Crippen LogP contribution in [0.1, 0.15) is 42.3 Å².